The first-order valence-corrected chi connectivity index (χ1v) is 11.9. The van der Waals surface area contributed by atoms with Gasteiger partial charge in [0.25, 0.3) is 0 Å². The first-order valence-electron chi connectivity index (χ1n) is 8.21. The molecule has 0 bridgehead atoms. The van der Waals surface area contributed by atoms with Crippen LogP contribution in [-0.4, -0.2) is 21.6 Å². The Kier molecular flexibility index (Phi) is 6.61. The highest BCUT2D eigenvalue weighted by molar-refractivity contribution is 9.10. The summed E-state index contributed by atoms with van der Waals surface area (Å²) in [7, 11) is 0. The smallest absolute Gasteiger partial charge is 0.164 e. The standard InChI is InChI=1S/C20H21BrO3S2/c1-13-5-4-6-18(16(13)11-19(25-2)26(3)22)24-12-14-9-15-7-8-23-20(15)17(21)10-14/h4-10,19H,11-12H2,1-3H3. The fourth-order valence-electron chi connectivity index (χ4n) is 2.92. The summed E-state index contributed by atoms with van der Waals surface area (Å²) < 4.78 is 24.6. The average molecular weight is 453 g/mol. The largest absolute Gasteiger partial charge is 0.616 e. The molecule has 138 valence electrons. The van der Waals surface area contributed by atoms with Crippen LogP contribution in [0.1, 0.15) is 16.7 Å². The molecule has 26 heavy (non-hydrogen) atoms. The van der Waals surface area contributed by atoms with E-state index in [-0.39, 0.29) is 4.58 Å². The molecule has 2 atom stereocenters. The van der Waals surface area contributed by atoms with Gasteiger partial charge in [0, 0.05) is 17.4 Å². The summed E-state index contributed by atoms with van der Waals surface area (Å²) in [4.78, 5) is 0. The number of benzene rings is 2. The number of ether oxygens (including phenoxy) is 1. The van der Waals surface area contributed by atoms with Gasteiger partial charge in [0.05, 0.1) is 17.0 Å². The van der Waals surface area contributed by atoms with Crippen molar-refractivity contribution < 1.29 is 13.7 Å². The number of hydrogen-bond acceptors (Lipinski definition) is 4. The summed E-state index contributed by atoms with van der Waals surface area (Å²) in [5, 5.41) is 1.05. The maximum atomic E-state index is 12.0. The molecule has 3 rings (SSSR count). The van der Waals surface area contributed by atoms with E-state index in [1.165, 1.54) is 5.56 Å². The topological polar surface area (TPSA) is 45.4 Å². The molecule has 0 radical (unpaired) electrons. The molecule has 0 fully saturated rings. The quantitative estimate of drug-likeness (QED) is 0.431. The van der Waals surface area contributed by atoms with Crippen LogP contribution in [0.15, 0.2) is 51.6 Å². The highest BCUT2D eigenvalue weighted by Gasteiger charge is 2.21. The molecule has 0 aliphatic carbocycles. The molecule has 2 unspecified atom stereocenters. The van der Waals surface area contributed by atoms with E-state index in [9.17, 15) is 4.55 Å². The molecule has 0 saturated heterocycles. The van der Waals surface area contributed by atoms with Crippen LogP contribution in [0.5, 0.6) is 5.75 Å². The average Bonchev–Trinajstić information content (AvgIpc) is 3.08. The predicted octanol–water partition coefficient (Wildman–Crippen LogP) is 5.69. The normalized spacial score (nSPS) is 13.7. The summed E-state index contributed by atoms with van der Waals surface area (Å²) in [5.41, 5.74) is 4.21. The number of rotatable bonds is 7. The minimum absolute atomic E-state index is 0.0647. The van der Waals surface area contributed by atoms with Crippen LogP contribution in [0.3, 0.4) is 0 Å². The van der Waals surface area contributed by atoms with E-state index < -0.39 is 11.2 Å². The number of hydrogen-bond donors (Lipinski definition) is 0. The molecule has 0 aliphatic heterocycles. The number of aryl methyl sites for hydroxylation is 1. The molecule has 0 saturated carbocycles. The van der Waals surface area contributed by atoms with Crippen molar-refractivity contribution in [2.45, 2.75) is 24.5 Å². The van der Waals surface area contributed by atoms with Gasteiger partial charge in [0.1, 0.15) is 17.9 Å². The molecule has 1 heterocycles. The van der Waals surface area contributed by atoms with E-state index in [1.807, 2.05) is 30.5 Å². The third-order valence-electron chi connectivity index (χ3n) is 4.33. The fourth-order valence-corrected chi connectivity index (χ4v) is 5.35. The molecule has 1 aromatic heterocycles. The Hall–Kier alpha value is -1.08. The van der Waals surface area contributed by atoms with Crippen molar-refractivity contribution in [3.05, 3.63) is 63.8 Å². The van der Waals surface area contributed by atoms with Crippen molar-refractivity contribution in [1.29, 1.82) is 0 Å². The maximum Gasteiger partial charge on any atom is 0.164 e. The fraction of sp³-hybridized carbons (Fsp3) is 0.300. The first-order chi connectivity index (χ1) is 12.5. The lowest BCUT2D eigenvalue weighted by atomic mass is 10.1. The van der Waals surface area contributed by atoms with Gasteiger partial charge < -0.3 is 13.7 Å². The van der Waals surface area contributed by atoms with E-state index in [0.717, 1.165) is 38.7 Å². The molecule has 0 amide bonds. The van der Waals surface area contributed by atoms with Gasteiger partial charge in [-0.25, -0.2) is 0 Å². The Morgan fingerprint density at radius 1 is 1.31 bits per heavy atom. The number of furan rings is 1. The van der Waals surface area contributed by atoms with E-state index in [1.54, 1.807) is 24.3 Å². The Bertz CT molecular complexity index is 892. The third kappa shape index (κ3) is 4.42. The second-order valence-corrected chi connectivity index (χ2v) is 9.88. The van der Waals surface area contributed by atoms with Gasteiger partial charge >= 0.3 is 0 Å². The Morgan fingerprint density at radius 2 is 2.12 bits per heavy atom. The monoisotopic (exact) mass is 452 g/mol. The Balaban J connectivity index is 1.81. The SMILES string of the molecule is CSC(Cc1c(C)cccc1OCc1cc(Br)c2occc2c1)[S+](C)[O-]. The highest BCUT2D eigenvalue weighted by atomic mass is 79.9. The van der Waals surface area contributed by atoms with Crippen LogP contribution in [0.4, 0.5) is 0 Å². The second kappa shape index (κ2) is 8.74. The van der Waals surface area contributed by atoms with Crippen LogP contribution in [0.2, 0.25) is 0 Å². The van der Waals surface area contributed by atoms with Gasteiger partial charge in [0.2, 0.25) is 0 Å². The zero-order chi connectivity index (χ0) is 18.7. The summed E-state index contributed by atoms with van der Waals surface area (Å²) >= 11 is 4.30. The van der Waals surface area contributed by atoms with Crippen molar-refractivity contribution in [2.75, 3.05) is 12.5 Å². The van der Waals surface area contributed by atoms with Gasteiger partial charge in [0.15, 0.2) is 4.58 Å². The molecular weight excluding hydrogens is 432 g/mol. The van der Waals surface area contributed by atoms with E-state index in [2.05, 4.69) is 35.0 Å². The van der Waals surface area contributed by atoms with Gasteiger partial charge in [-0.1, -0.05) is 12.1 Å². The summed E-state index contributed by atoms with van der Waals surface area (Å²) in [6, 6.07) is 12.1. The highest BCUT2D eigenvalue weighted by Crippen LogP contribution is 2.30. The van der Waals surface area contributed by atoms with Crippen molar-refractivity contribution in [1.82, 2.24) is 0 Å². The molecule has 0 aliphatic rings. The predicted molar refractivity (Wildman–Crippen MR) is 114 cm³/mol. The van der Waals surface area contributed by atoms with Gasteiger partial charge in [-0.3, -0.25) is 0 Å². The lowest BCUT2D eigenvalue weighted by molar-refractivity contribution is 0.303. The second-order valence-electron chi connectivity index (χ2n) is 6.12. The van der Waals surface area contributed by atoms with Crippen LogP contribution >= 0.6 is 27.7 Å². The van der Waals surface area contributed by atoms with Crippen molar-refractivity contribution in [2.24, 2.45) is 0 Å². The first kappa shape index (κ1) is 19.7. The van der Waals surface area contributed by atoms with Gasteiger partial charge in [-0.15, -0.1) is 11.8 Å². The third-order valence-corrected chi connectivity index (χ3v) is 7.91. The minimum atomic E-state index is -0.884. The minimum Gasteiger partial charge on any atom is -0.616 e. The number of halogens is 1. The summed E-state index contributed by atoms with van der Waals surface area (Å²) in [6.45, 7) is 2.54. The van der Waals surface area contributed by atoms with Gasteiger partial charge in [-0.2, -0.15) is 0 Å². The van der Waals surface area contributed by atoms with E-state index in [4.69, 9.17) is 9.15 Å². The summed E-state index contributed by atoms with van der Waals surface area (Å²) in [5.74, 6) is 0.859. The van der Waals surface area contributed by atoms with E-state index >= 15 is 0 Å². The Labute approximate surface area is 169 Å². The molecule has 0 spiro atoms. The van der Waals surface area contributed by atoms with Crippen LogP contribution in [0, 0.1) is 6.92 Å². The van der Waals surface area contributed by atoms with Crippen LogP contribution in [-0.2, 0) is 24.2 Å². The lowest BCUT2D eigenvalue weighted by Crippen LogP contribution is -2.19. The Morgan fingerprint density at radius 3 is 2.85 bits per heavy atom. The van der Waals surface area contributed by atoms with Gasteiger partial charge in [-0.05, 0) is 75.7 Å². The molecular formula is C20H21BrO3S2. The van der Waals surface area contributed by atoms with E-state index in [0.29, 0.717) is 6.61 Å². The lowest BCUT2D eigenvalue weighted by Gasteiger charge is -2.20. The molecule has 2 aromatic carbocycles. The van der Waals surface area contributed by atoms with Crippen molar-refractivity contribution >= 4 is 49.8 Å². The maximum absolute atomic E-state index is 12.0. The number of fused-ring (bicyclic) bond motifs is 1. The molecule has 3 aromatic rings. The number of thioether (sulfide) groups is 1. The molecule has 0 N–H and O–H groups in total. The summed E-state index contributed by atoms with van der Waals surface area (Å²) in [6.07, 6.45) is 6.18. The molecule has 6 heteroatoms. The van der Waals surface area contributed by atoms with Crippen molar-refractivity contribution in [3.8, 4) is 5.75 Å². The van der Waals surface area contributed by atoms with Crippen LogP contribution < -0.4 is 4.74 Å². The van der Waals surface area contributed by atoms with Crippen molar-refractivity contribution in [3.63, 3.8) is 0 Å². The zero-order valence-corrected chi connectivity index (χ0v) is 18.2. The van der Waals surface area contributed by atoms with Crippen LogP contribution in [0.25, 0.3) is 11.0 Å². The zero-order valence-electron chi connectivity index (χ0n) is 15.0. The molecule has 3 nitrogen and oxygen atoms in total.